The molecule has 0 fully saturated rings. The van der Waals surface area contributed by atoms with Crippen molar-refractivity contribution in [2.24, 2.45) is 0 Å². The summed E-state index contributed by atoms with van der Waals surface area (Å²) in [6.07, 6.45) is 1.20. The first-order valence-electron chi connectivity index (χ1n) is 7.01. The SMILES string of the molecule is CCOC(C)C(Cc1cccc2ccccc12)NC. The highest BCUT2D eigenvalue weighted by Crippen LogP contribution is 2.20. The van der Waals surface area contributed by atoms with Crippen LogP contribution in [0.1, 0.15) is 19.4 Å². The fourth-order valence-corrected chi connectivity index (χ4v) is 2.59. The van der Waals surface area contributed by atoms with Crippen molar-refractivity contribution >= 4 is 10.8 Å². The highest BCUT2D eigenvalue weighted by atomic mass is 16.5. The van der Waals surface area contributed by atoms with Crippen molar-refractivity contribution in [3.05, 3.63) is 48.0 Å². The van der Waals surface area contributed by atoms with Crippen LogP contribution >= 0.6 is 0 Å². The van der Waals surface area contributed by atoms with Gasteiger partial charge in [0.1, 0.15) is 0 Å². The van der Waals surface area contributed by atoms with Gasteiger partial charge in [0.2, 0.25) is 0 Å². The average Bonchev–Trinajstić information content (AvgIpc) is 2.45. The minimum atomic E-state index is 0.217. The minimum Gasteiger partial charge on any atom is -0.377 e. The molecule has 0 saturated heterocycles. The van der Waals surface area contributed by atoms with Crippen molar-refractivity contribution < 1.29 is 4.74 Å². The zero-order chi connectivity index (χ0) is 13.7. The van der Waals surface area contributed by atoms with E-state index in [0.717, 1.165) is 13.0 Å². The fraction of sp³-hybridized carbons (Fsp3) is 0.412. The largest absolute Gasteiger partial charge is 0.377 e. The Morgan fingerprint density at radius 2 is 1.84 bits per heavy atom. The third-order valence-corrected chi connectivity index (χ3v) is 3.69. The van der Waals surface area contributed by atoms with Gasteiger partial charge in [0.05, 0.1) is 6.10 Å². The van der Waals surface area contributed by atoms with E-state index >= 15 is 0 Å². The van der Waals surface area contributed by atoms with E-state index in [1.807, 2.05) is 14.0 Å². The number of benzene rings is 2. The molecule has 2 atom stereocenters. The monoisotopic (exact) mass is 257 g/mol. The predicted molar refractivity (Wildman–Crippen MR) is 81.6 cm³/mol. The van der Waals surface area contributed by atoms with E-state index in [9.17, 15) is 0 Å². The topological polar surface area (TPSA) is 21.3 Å². The summed E-state index contributed by atoms with van der Waals surface area (Å²) in [6.45, 7) is 4.94. The third kappa shape index (κ3) is 3.34. The maximum atomic E-state index is 5.72. The van der Waals surface area contributed by atoms with Crippen LogP contribution in [-0.4, -0.2) is 25.8 Å². The van der Waals surface area contributed by atoms with Crippen LogP contribution in [0.15, 0.2) is 42.5 Å². The Morgan fingerprint density at radius 3 is 2.58 bits per heavy atom. The average molecular weight is 257 g/mol. The van der Waals surface area contributed by atoms with Gasteiger partial charge in [-0.3, -0.25) is 0 Å². The number of fused-ring (bicyclic) bond motifs is 1. The molecule has 102 valence electrons. The summed E-state index contributed by atoms with van der Waals surface area (Å²) in [6, 6.07) is 15.4. The van der Waals surface area contributed by atoms with Gasteiger partial charge in [-0.2, -0.15) is 0 Å². The Bertz CT molecular complexity index is 518. The summed E-state index contributed by atoms with van der Waals surface area (Å²) in [4.78, 5) is 0. The van der Waals surface area contributed by atoms with Gasteiger partial charge in [0.25, 0.3) is 0 Å². The summed E-state index contributed by atoms with van der Waals surface area (Å²) < 4.78 is 5.72. The minimum absolute atomic E-state index is 0.217. The van der Waals surface area contributed by atoms with Gasteiger partial charge in [0.15, 0.2) is 0 Å². The van der Waals surface area contributed by atoms with Crippen molar-refractivity contribution in [3.8, 4) is 0 Å². The van der Waals surface area contributed by atoms with Gasteiger partial charge in [-0.05, 0) is 43.7 Å². The van der Waals surface area contributed by atoms with Gasteiger partial charge < -0.3 is 10.1 Å². The molecule has 0 bridgehead atoms. The molecular weight excluding hydrogens is 234 g/mol. The first kappa shape index (κ1) is 14.0. The second-order valence-electron chi connectivity index (χ2n) is 4.90. The van der Waals surface area contributed by atoms with Crippen molar-refractivity contribution in [1.82, 2.24) is 5.32 Å². The molecule has 0 aliphatic rings. The molecule has 0 spiro atoms. The molecule has 2 rings (SSSR count). The van der Waals surface area contributed by atoms with E-state index in [1.165, 1.54) is 16.3 Å². The van der Waals surface area contributed by atoms with Crippen LogP contribution in [0.4, 0.5) is 0 Å². The molecule has 1 N–H and O–H groups in total. The maximum Gasteiger partial charge on any atom is 0.0702 e. The van der Waals surface area contributed by atoms with Crippen molar-refractivity contribution in [3.63, 3.8) is 0 Å². The number of likely N-dealkylation sites (N-methyl/N-ethyl adjacent to an activating group) is 1. The number of rotatable bonds is 6. The lowest BCUT2D eigenvalue weighted by Crippen LogP contribution is -2.39. The molecule has 0 aromatic heterocycles. The van der Waals surface area contributed by atoms with Gasteiger partial charge in [-0.1, -0.05) is 42.5 Å². The lowest BCUT2D eigenvalue weighted by Gasteiger charge is -2.24. The fourth-order valence-electron chi connectivity index (χ4n) is 2.59. The third-order valence-electron chi connectivity index (χ3n) is 3.69. The van der Waals surface area contributed by atoms with E-state index in [4.69, 9.17) is 4.74 Å². The van der Waals surface area contributed by atoms with Crippen molar-refractivity contribution in [2.45, 2.75) is 32.4 Å². The first-order valence-corrected chi connectivity index (χ1v) is 7.01. The zero-order valence-electron chi connectivity index (χ0n) is 12.0. The molecular formula is C17H23NO. The van der Waals surface area contributed by atoms with Gasteiger partial charge in [-0.25, -0.2) is 0 Å². The van der Waals surface area contributed by atoms with Crippen molar-refractivity contribution in [2.75, 3.05) is 13.7 Å². The molecule has 2 unspecified atom stereocenters. The number of hydrogen-bond acceptors (Lipinski definition) is 2. The van der Waals surface area contributed by atoms with Gasteiger partial charge in [0, 0.05) is 12.6 Å². The van der Waals surface area contributed by atoms with E-state index < -0.39 is 0 Å². The van der Waals surface area contributed by atoms with E-state index in [-0.39, 0.29) is 6.10 Å². The zero-order valence-corrected chi connectivity index (χ0v) is 12.0. The number of hydrogen-bond donors (Lipinski definition) is 1. The smallest absolute Gasteiger partial charge is 0.0702 e. The Kier molecular flexibility index (Phi) is 4.94. The van der Waals surface area contributed by atoms with Crippen LogP contribution in [0.3, 0.4) is 0 Å². The van der Waals surface area contributed by atoms with Crippen LogP contribution in [0, 0.1) is 0 Å². The number of nitrogens with one attached hydrogen (secondary N) is 1. The second kappa shape index (κ2) is 6.69. The van der Waals surface area contributed by atoms with E-state index in [2.05, 4.69) is 54.7 Å². The highest BCUT2D eigenvalue weighted by Gasteiger charge is 2.16. The summed E-state index contributed by atoms with van der Waals surface area (Å²) in [5.41, 5.74) is 1.38. The van der Waals surface area contributed by atoms with E-state index in [1.54, 1.807) is 0 Å². The molecule has 0 heterocycles. The molecule has 19 heavy (non-hydrogen) atoms. The summed E-state index contributed by atoms with van der Waals surface area (Å²) in [7, 11) is 2.01. The molecule has 0 amide bonds. The lowest BCUT2D eigenvalue weighted by atomic mass is 9.97. The predicted octanol–water partition coefficient (Wildman–Crippen LogP) is 3.40. The molecule has 2 heteroatoms. The second-order valence-corrected chi connectivity index (χ2v) is 4.90. The Balaban J connectivity index is 2.24. The Hall–Kier alpha value is -1.38. The molecule has 2 aromatic rings. The lowest BCUT2D eigenvalue weighted by molar-refractivity contribution is 0.0497. The normalized spacial score (nSPS) is 14.5. The number of ether oxygens (including phenoxy) is 1. The highest BCUT2D eigenvalue weighted by molar-refractivity contribution is 5.85. The molecule has 2 nitrogen and oxygen atoms in total. The van der Waals surface area contributed by atoms with Gasteiger partial charge >= 0.3 is 0 Å². The quantitative estimate of drug-likeness (QED) is 0.856. The summed E-state index contributed by atoms with van der Waals surface area (Å²) in [5, 5.41) is 6.02. The van der Waals surface area contributed by atoms with Crippen LogP contribution < -0.4 is 5.32 Å². The molecule has 0 radical (unpaired) electrons. The van der Waals surface area contributed by atoms with Crippen LogP contribution in [0.2, 0.25) is 0 Å². The molecule has 0 aliphatic carbocycles. The van der Waals surface area contributed by atoms with Crippen LogP contribution in [0.25, 0.3) is 10.8 Å². The van der Waals surface area contributed by atoms with Crippen LogP contribution in [-0.2, 0) is 11.2 Å². The van der Waals surface area contributed by atoms with E-state index in [0.29, 0.717) is 6.04 Å². The maximum absolute atomic E-state index is 5.72. The molecule has 2 aromatic carbocycles. The Labute approximate surface area is 115 Å². The van der Waals surface area contributed by atoms with Crippen molar-refractivity contribution in [1.29, 1.82) is 0 Å². The van der Waals surface area contributed by atoms with Crippen LogP contribution in [0.5, 0.6) is 0 Å². The summed E-state index contributed by atoms with van der Waals surface area (Å²) >= 11 is 0. The molecule has 0 saturated carbocycles. The summed E-state index contributed by atoms with van der Waals surface area (Å²) in [5.74, 6) is 0. The van der Waals surface area contributed by atoms with Gasteiger partial charge in [-0.15, -0.1) is 0 Å². The standard InChI is InChI=1S/C17H23NO/c1-4-19-13(2)17(18-3)12-15-10-7-9-14-8-5-6-11-16(14)15/h5-11,13,17-18H,4,12H2,1-3H3. The molecule has 0 aliphatic heterocycles. The first-order chi connectivity index (χ1) is 9.26. The Morgan fingerprint density at radius 1 is 1.11 bits per heavy atom.